The molecule has 2 amide bonds. The van der Waals surface area contributed by atoms with Gasteiger partial charge < -0.3 is 19.7 Å². The van der Waals surface area contributed by atoms with Crippen LogP contribution in [-0.4, -0.2) is 56.8 Å². The first-order valence-electron chi connectivity index (χ1n) is 11.0. The van der Waals surface area contributed by atoms with Crippen LogP contribution in [0.4, 0.5) is 11.4 Å². The first kappa shape index (κ1) is 25.2. The van der Waals surface area contributed by atoms with Crippen molar-refractivity contribution in [1.82, 2.24) is 0 Å². The highest BCUT2D eigenvalue weighted by Gasteiger charge is 2.33. The van der Waals surface area contributed by atoms with Crippen LogP contribution in [0.25, 0.3) is 0 Å². The Hall–Kier alpha value is -3.40. The Labute approximate surface area is 199 Å². The molecule has 3 rings (SSSR count). The number of anilines is 2. The fraction of sp³-hybridized carbons (Fsp3) is 0.375. The number of hydrogen-bond acceptors (Lipinski definition) is 7. The average molecular weight is 489 g/mol. The molecule has 0 aliphatic carbocycles. The van der Waals surface area contributed by atoms with Crippen molar-refractivity contribution < 1.29 is 32.3 Å². The lowest BCUT2D eigenvalue weighted by molar-refractivity contribution is -0.121. The van der Waals surface area contributed by atoms with Crippen molar-refractivity contribution in [3.63, 3.8) is 0 Å². The maximum absolute atomic E-state index is 13.0. The van der Waals surface area contributed by atoms with E-state index in [-0.39, 0.29) is 18.1 Å². The van der Waals surface area contributed by atoms with Crippen molar-refractivity contribution in [2.75, 3.05) is 35.7 Å². The number of ether oxygens (including phenoxy) is 2. The van der Waals surface area contributed by atoms with Crippen molar-refractivity contribution >= 4 is 38.8 Å². The molecule has 1 heterocycles. The second-order valence-electron chi connectivity index (χ2n) is 7.84. The number of nitrogens with one attached hydrogen (secondary N) is 1. The molecule has 0 fully saturated rings. The summed E-state index contributed by atoms with van der Waals surface area (Å²) < 4.78 is 36.4. The molecule has 2 aromatic rings. The normalized spacial score (nSPS) is 14.1. The summed E-state index contributed by atoms with van der Waals surface area (Å²) in [5, 5.41) is 1.07. The van der Waals surface area contributed by atoms with E-state index < -0.39 is 32.5 Å². The Bertz CT molecular complexity index is 1180. The third-order valence-corrected chi connectivity index (χ3v) is 7.28. The smallest absolute Gasteiger partial charge is 0.265 e. The van der Waals surface area contributed by atoms with E-state index in [0.717, 1.165) is 0 Å². The maximum atomic E-state index is 13.0. The number of ketones is 1. The number of fused-ring (bicyclic) bond motifs is 1. The Morgan fingerprint density at radius 2 is 1.85 bits per heavy atom. The molecule has 0 aromatic heterocycles. The van der Waals surface area contributed by atoms with Gasteiger partial charge in [0.2, 0.25) is 5.91 Å². The summed E-state index contributed by atoms with van der Waals surface area (Å²) in [7, 11) is -4.10. The standard InChI is InChI=1S/C24H28N2O7S/c1-4-12-26-20-13-17(6-11-21(20)33-14-23(26)28)24(29)16(3)34(30,31)15-22(27)25-18-7-9-19(10-8-18)32-5-2/h6-11,13,16H,4-5,12,14-15H2,1-3H3,(H,25,27). The minimum absolute atomic E-state index is 0.0887. The number of nitrogens with zero attached hydrogens (tertiary/aromatic N) is 1. The molecule has 1 atom stereocenters. The zero-order valence-corrected chi connectivity index (χ0v) is 20.2. The van der Waals surface area contributed by atoms with Gasteiger partial charge >= 0.3 is 0 Å². The minimum Gasteiger partial charge on any atom is -0.494 e. The predicted octanol–water partition coefficient (Wildman–Crippen LogP) is 2.85. The highest BCUT2D eigenvalue weighted by molar-refractivity contribution is 7.93. The zero-order chi connectivity index (χ0) is 24.9. The summed E-state index contributed by atoms with van der Waals surface area (Å²) in [5.41, 5.74) is 0.973. The molecule has 1 aliphatic rings. The van der Waals surface area contributed by atoms with Gasteiger partial charge in [-0.1, -0.05) is 6.92 Å². The quantitative estimate of drug-likeness (QED) is 0.511. The first-order valence-corrected chi connectivity index (χ1v) is 12.7. The Balaban J connectivity index is 1.71. The van der Waals surface area contributed by atoms with Crippen LogP contribution in [-0.2, 0) is 19.4 Å². The van der Waals surface area contributed by atoms with E-state index in [2.05, 4.69) is 5.32 Å². The highest BCUT2D eigenvalue weighted by Crippen LogP contribution is 2.33. The van der Waals surface area contributed by atoms with E-state index in [1.807, 2.05) is 13.8 Å². The molecule has 9 nitrogen and oxygen atoms in total. The van der Waals surface area contributed by atoms with Crippen LogP contribution < -0.4 is 19.7 Å². The molecule has 1 aliphatic heterocycles. The molecule has 1 N–H and O–H groups in total. The third kappa shape index (κ3) is 5.74. The summed E-state index contributed by atoms with van der Waals surface area (Å²) in [4.78, 5) is 39.1. The largest absolute Gasteiger partial charge is 0.494 e. The number of Topliss-reactive ketones (excluding diaryl/α,β-unsaturated/α-hetero) is 1. The molecule has 0 bridgehead atoms. The first-order chi connectivity index (χ1) is 16.2. The van der Waals surface area contributed by atoms with Crippen LogP contribution in [0.2, 0.25) is 0 Å². The number of rotatable bonds is 10. The predicted molar refractivity (Wildman–Crippen MR) is 128 cm³/mol. The lowest BCUT2D eigenvalue weighted by Crippen LogP contribution is -2.39. The molecule has 0 saturated heterocycles. The fourth-order valence-electron chi connectivity index (χ4n) is 3.53. The topological polar surface area (TPSA) is 119 Å². The molecule has 182 valence electrons. The van der Waals surface area contributed by atoms with Gasteiger partial charge in [0.25, 0.3) is 5.91 Å². The van der Waals surface area contributed by atoms with Crippen LogP contribution in [0.1, 0.15) is 37.6 Å². The van der Waals surface area contributed by atoms with Crippen molar-refractivity contribution in [2.45, 2.75) is 32.4 Å². The lowest BCUT2D eigenvalue weighted by atomic mass is 10.1. The Kier molecular flexibility index (Phi) is 7.93. The van der Waals surface area contributed by atoms with Gasteiger partial charge in [-0.3, -0.25) is 14.4 Å². The number of hydrogen-bond donors (Lipinski definition) is 1. The van der Waals surface area contributed by atoms with E-state index >= 15 is 0 Å². The molecule has 0 radical (unpaired) electrons. The number of sulfone groups is 1. The van der Waals surface area contributed by atoms with Crippen molar-refractivity contribution in [3.05, 3.63) is 48.0 Å². The van der Waals surface area contributed by atoms with Crippen LogP contribution in [0.5, 0.6) is 11.5 Å². The molecular weight excluding hydrogens is 460 g/mol. The van der Waals surface area contributed by atoms with Gasteiger partial charge in [-0.05, 0) is 62.7 Å². The summed E-state index contributed by atoms with van der Waals surface area (Å²) >= 11 is 0. The average Bonchev–Trinajstić information content (AvgIpc) is 2.80. The molecule has 0 spiro atoms. The second-order valence-corrected chi connectivity index (χ2v) is 10.2. The minimum atomic E-state index is -4.10. The van der Waals surface area contributed by atoms with E-state index in [1.54, 1.807) is 30.3 Å². The van der Waals surface area contributed by atoms with Crippen molar-refractivity contribution in [1.29, 1.82) is 0 Å². The van der Waals surface area contributed by atoms with E-state index in [1.165, 1.54) is 24.0 Å². The van der Waals surface area contributed by atoms with Crippen LogP contribution in [0.15, 0.2) is 42.5 Å². The van der Waals surface area contributed by atoms with Gasteiger partial charge in [-0.15, -0.1) is 0 Å². The van der Waals surface area contributed by atoms with Gasteiger partial charge in [0, 0.05) is 17.8 Å². The van der Waals surface area contributed by atoms with Crippen LogP contribution in [0, 0.1) is 0 Å². The van der Waals surface area contributed by atoms with E-state index in [0.29, 0.717) is 42.4 Å². The van der Waals surface area contributed by atoms with Gasteiger partial charge in [0.05, 0.1) is 12.3 Å². The van der Waals surface area contributed by atoms with Crippen molar-refractivity contribution in [3.8, 4) is 11.5 Å². The van der Waals surface area contributed by atoms with Gasteiger partial charge in [0.1, 0.15) is 22.5 Å². The Morgan fingerprint density at radius 3 is 2.50 bits per heavy atom. The van der Waals surface area contributed by atoms with Crippen molar-refractivity contribution in [2.24, 2.45) is 0 Å². The van der Waals surface area contributed by atoms with Crippen LogP contribution >= 0.6 is 0 Å². The number of carbonyl (C=O) groups excluding carboxylic acids is 3. The highest BCUT2D eigenvalue weighted by atomic mass is 32.2. The molecule has 0 saturated carbocycles. The molecule has 34 heavy (non-hydrogen) atoms. The molecule has 1 unspecified atom stereocenters. The van der Waals surface area contributed by atoms with E-state index in [4.69, 9.17) is 9.47 Å². The fourth-order valence-corrected chi connectivity index (χ4v) is 4.68. The van der Waals surface area contributed by atoms with Gasteiger partial charge in [-0.25, -0.2) is 8.42 Å². The van der Waals surface area contributed by atoms with Crippen LogP contribution in [0.3, 0.4) is 0 Å². The molecule has 10 heteroatoms. The summed E-state index contributed by atoms with van der Waals surface area (Å²) in [6.07, 6.45) is 0.706. The van der Waals surface area contributed by atoms with Gasteiger partial charge in [0.15, 0.2) is 22.2 Å². The lowest BCUT2D eigenvalue weighted by Gasteiger charge is -2.29. The van der Waals surface area contributed by atoms with Gasteiger partial charge in [-0.2, -0.15) is 0 Å². The molecular formula is C24H28N2O7S. The number of amides is 2. The SMILES string of the molecule is CCCN1C(=O)COc2ccc(C(=O)C(C)S(=O)(=O)CC(=O)Nc3ccc(OCC)cc3)cc21. The zero-order valence-electron chi connectivity index (χ0n) is 19.4. The third-order valence-electron chi connectivity index (χ3n) is 5.32. The summed E-state index contributed by atoms with van der Waals surface area (Å²) in [5.74, 6) is -1.40. The summed E-state index contributed by atoms with van der Waals surface area (Å²) in [6, 6.07) is 11.0. The maximum Gasteiger partial charge on any atom is 0.265 e. The van der Waals surface area contributed by atoms with E-state index in [9.17, 15) is 22.8 Å². The second kappa shape index (κ2) is 10.7. The number of carbonyl (C=O) groups is 3. The Morgan fingerprint density at radius 1 is 1.15 bits per heavy atom. The summed E-state index contributed by atoms with van der Waals surface area (Å²) in [6.45, 7) is 5.89. The monoisotopic (exact) mass is 488 g/mol. The number of benzene rings is 2. The molecule has 2 aromatic carbocycles.